The molecule has 7 rings (SSSR count). The predicted octanol–water partition coefficient (Wildman–Crippen LogP) is 4.53. The highest BCUT2D eigenvalue weighted by atomic mass is 35.5. The number of H-pyrrole nitrogens is 1. The van der Waals surface area contributed by atoms with Gasteiger partial charge in [-0.05, 0) is 53.9 Å². The summed E-state index contributed by atoms with van der Waals surface area (Å²) in [5.41, 5.74) is 0.767. The van der Waals surface area contributed by atoms with Gasteiger partial charge in [-0.15, -0.1) is 0 Å². The van der Waals surface area contributed by atoms with E-state index < -0.39 is 52.6 Å². The molecule has 4 unspecified atom stereocenters. The molecule has 12 heteroatoms. The Bertz CT molecular complexity index is 2190. The van der Waals surface area contributed by atoms with Gasteiger partial charge < -0.3 is 19.2 Å². The highest BCUT2D eigenvalue weighted by molar-refractivity contribution is 6.32. The lowest BCUT2D eigenvalue weighted by atomic mass is 9.76. The summed E-state index contributed by atoms with van der Waals surface area (Å²) in [6.45, 7) is 1.61. The number of benzene rings is 3. The van der Waals surface area contributed by atoms with E-state index in [0.29, 0.717) is 27.3 Å². The number of amides is 2. The van der Waals surface area contributed by atoms with Crippen LogP contribution in [0.15, 0.2) is 82.3 Å². The summed E-state index contributed by atoms with van der Waals surface area (Å²) in [6, 6.07) is 15.5. The lowest BCUT2D eigenvalue weighted by Crippen LogP contribution is -2.57. The Labute approximate surface area is 272 Å². The average molecular weight is 654 g/mol. The van der Waals surface area contributed by atoms with Gasteiger partial charge in [0.05, 0.1) is 54.3 Å². The number of fused-ring (bicyclic) bond motifs is 3. The molecule has 3 aromatic carbocycles. The number of carboxylic acid groups (broad SMARTS) is 1. The minimum absolute atomic E-state index is 0.0138. The number of methoxy groups -OCH3 is 1. The van der Waals surface area contributed by atoms with E-state index in [9.17, 15) is 29.1 Å². The number of aromatic amines is 1. The number of likely N-dealkylation sites (tertiary alicyclic amines) is 1. The Balaban J connectivity index is 1.35. The molecule has 2 saturated heterocycles. The van der Waals surface area contributed by atoms with E-state index in [1.165, 1.54) is 31.6 Å². The number of ether oxygens (including phenoxy) is 1. The van der Waals surface area contributed by atoms with Crippen molar-refractivity contribution in [3.05, 3.63) is 116 Å². The molecule has 2 aromatic heterocycles. The number of esters is 1. The molecule has 0 spiro atoms. The van der Waals surface area contributed by atoms with Gasteiger partial charge in [-0.25, -0.2) is 4.79 Å². The Morgan fingerprint density at radius 2 is 1.79 bits per heavy atom. The molecule has 0 aliphatic carbocycles. The van der Waals surface area contributed by atoms with Gasteiger partial charge in [-0.2, -0.15) is 0 Å². The van der Waals surface area contributed by atoms with Gasteiger partial charge in [0.1, 0.15) is 11.1 Å². The van der Waals surface area contributed by atoms with Crippen molar-refractivity contribution in [2.24, 2.45) is 11.8 Å². The van der Waals surface area contributed by atoms with E-state index in [0.717, 1.165) is 15.8 Å². The van der Waals surface area contributed by atoms with E-state index in [-0.39, 0.29) is 29.5 Å². The van der Waals surface area contributed by atoms with E-state index in [1.807, 2.05) is 24.3 Å². The maximum absolute atomic E-state index is 14.3. The minimum atomic E-state index is -1.97. The number of aromatic nitrogens is 1. The zero-order chi connectivity index (χ0) is 33.2. The quantitative estimate of drug-likeness (QED) is 0.169. The fourth-order valence-electron chi connectivity index (χ4n) is 7.03. The highest BCUT2D eigenvalue weighted by Crippen LogP contribution is 2.50. The zero-order valence-electron chi connectivity index (χ0n) is 25.2. The second kappa shape index (κ2) is 11.2. The van der Waals surface area contributed by atoms with Crippen molar-refractivity contribution >= 4 is 57.2 Å². The summed E-state index contributed by atoms with van der Waals surface area (Å²) in [7, 11) is 1.26. The fourth-order valence-corrected chi connectivity index (χ4v) is 7.19. The molecule has 2 fully saturated rings. The number of hydrogen-bond acceptors (Lipinski definition) is 8. The molecular weight excluding hydrogens is 626 g/mol. The highest BCUT2D eigenvalue weighted by Gasteiger charge is 2.68. The molecule has 2 amide bonds. The lowest BCUT2D eigenvalue weighted by Gasteiger charge is -2.31. The molecule has 11 nitrogen and oxygen atoms in total. The number of nitrogens with one attached hydrogen (secondary N) is 2. The van der Waals surface area contributed by atoms with Gasteiger partial charge in [0, 0.05) is 28.5 Å². The minimum Gasteiger partial charge on any atom is -0.480 e. The summed E-state index contributed by atoms with van der Waals surface area (Å²) >= 11 is 6.34. The summed E-state index contributed by atoms with van der Waals surface area (Å²) in [5.74, 6) is -5.79. The normalized spacial score (nSPS) is 22.3. The molecule has 3 N–H and O–H groups in total. The number of halogens is 1. The van der Waals surface area contributed by atoms with Gasteiger partial charge >= 0.3 is 11.9 Å². The third-order valence-electron chi connectivity index (χ3n) is 9.40. The number of rotatable bonds is 7. The number of para-hydroxylation sites is 1. The molecule has 2 aliphatic rings. The number of aryl methyl sites for hydroxylation is 1. The van der Waals surface area contributed by atoms with Gasteiger partial charge in [0.2, 0.25) is 11.8 Å². The zero-order valence-corrected chi connectivity index (χ0v) is 26.0. The van der Waals surface area contributed by atoms with Crippen LogP contribution in [-0.2, 0) is 32.1 Å². The molecule has 4 atom stereocenters. The molecule has 5 aromatic rings. The molecular formula is C35H28ClN3O8. The molecule has 4 heterocycles. The van der Waals surface area contributed by atoms with Crippen molar-refractivity contribution in [1.82, 2.24) is 15.2 Å². The Morgan fingerprint density at radius 1 is 1.04 bits per heavy atom. The summed E-state index contributed by atoms with van der Waals surface area (Å²) in [6.07, 6.45) is 2.76. The number of carbonyl (C=O) groups excluding carboxylic acids is 3. The van der Waals surface area contributed by atoms with Crippen LogP contribution in [0.5, 0.6) is 0 Å². The van der Waals surface area contributed by atoms with E-state index in [4.69, 9.17) is 20.8 Å². The van der Waals surface area contributed by atoms with Crippen molar-refractivity contribution < 1.29 is 33.4 Å². The van der Waals surface area contributed by atoms with Crippen molar-refractivity contribution in [2.75, 3.05) is 7.11 Å². The second-order valence-corrected chi connectivity index (χ2v) is 12.4. The number of aliphatic carboxylic acids is 1. The van der Waals surface area contributed by atoms with Crippen molar-refractivity contribution in [2.45, 2.75) is 31.5 Å². The standard InChI is InChI=1S/C35H28ClN3O8/c1-17-11-26-22(12-24(17)36)30(40)23(16-47-26)29-27-28(32(42)39(31(27)41)15-18-7-9-19(10-8-18)33(43)46-2)35(38-29,34(44)45)13-20-14-37-25-6-4-3-5-21(20)25/h3-12,14,16,27-29,37-38H,13,15H2,1-2H3,(H,44,45). The molecule has 47 heavy (non-hydrogen) atoms. The number of hydrogen-bond donors (Lipinski definition) is 3. The van der Waals surface area contributed by atoms with Gasteiger partial charge in [-0.1, -0.05) is 41.9 Å². The maximum atomic E-state index is 14.3. The number of carbonyl (C=O) groups is 4. The van der Waals surface area contributed by atoms with Crippen LogP contribution in [0.2, 0.25) is 5.02 Å². The van der Waals surface area contributed by atoms with Gasteiger partial charge in [-0.3, -0.25) is 29.4 Å². The van der Waals surface area contributed by atoms with Crippen LogP contribution in [0.3, 0.4) is 0 Å². The van der Waals surface area contributed by atoms with E-state index in [1.54, 1.807) is 31.3 Å². The Hall–Kier alpha value is -5.26. The van der Waals surface area contributed by atoms with Crippen LogP contribution in [0, 0.1) is 18.8 Å². The fraction of sp³-hybridized carbons (Fsp3) is 0.229. The predicted molar refractivity (Wildman–Crippen MR) is 171 cm³/mol. The topological polar surface area (TPSA) is 159 Å². The van der Waals surface area contributed by atoms with Crippen LogP contribution in [0.1, 0.15) is 38.7 Å². The van der Waals surface area contributed by atoms with Crippen molar-refractivity contribution in [3.8, 4) is 0 Å². The number of imide groups is 1. The summed E-state index contributed by atoms with van der Waals surface area (Å²) < 4.78 is 10.6. The molecule has 0 bridgehead atoms. The van der Waals surface area contributed by atoms with Crippen molar-refractivity contribution in [3.63, 3.8) is 0 Å². The summed E-state index contributed by atoms with van der Waals surface area (Å²) in [4.78, 5) is 72.0. The van der Waals surface area contributed by atoms with Crippen molar-refractivity contribution in [1.29, 1.82) is 0 Å². The smallest absolute Gasteiger partial charge is 0.337 e. The first kappa shape index (κ1) is 30.4. The average Bonchev–Trinajstić information content (AvgIpc) is 3.71. The van der Waals surface area contributed by atoms with Crippen LogP contribution in [0.4, 0.5) is 0 Å². The first-order chi connectivity index (χ1) is 22.5. The third kappa shape index (κ3) is 4.73. The van der Waals surface area contributed by atoms with Gasteiger partial charge in [0.15, 0.2) is 5.43 Å². The molecule has 0 saturated carbocycles. The largest absolute Gasteiger partial charge is 0.480 e. The van der Waals surface area contributed by atoms with Crippen LogP contribution in [-0.4, -0.2) is 51.4 Å². The van der Waals surface area contributed by atoms with Gasteiger partial charge in [0.25, 0.3) is 0 Å². The molecule has 2 aliphatic heterocycles. The summed E-state index contributed by atoms with van der Waals surface area (Å²) in [5, 5.41) is 15.3. The Kier molecular flexibility index (Phi) is 7.25. The SMILES string of the molecule is COC(=O)c1ccc(CN2C(=O)C3C(c4coc5cc(C)c(Cl)cc5c4=O)NC(Cc4c[nH]c5ccccc45)(C(=O)O)C3C2=O)cc1. The maximum Gasteiger partial charge on any atom is 0.337 e. The number of carboxylic acids is 1. The number of nitrogens with zero attached hydrogens (tertiary/aromatic N) is 1. The first-order valence-corrected chi connectivity index (χ1v) is 15.2. The van der Waals surface area contributed by atoms with Crippen LogP contribution >= 0.6 is 11.6 Å². The van der Waals surface area contributed by atoms with Crippen LogP contribution in [0.25, 0.3) is 21.9 Å². The third-order valence-corrected chi connectivity index (χ3v) is 9.81. The van der Waals surface area contributed by atoms with E-state index in [2.05, 4.69) is 10.3 Å². The second-order valence-electron chi connectivity index (χ2n) is 12.0. The first-order valence-electron chi connectivity index (χ1n) is 14.8. The lowest BCUT2D eigenvalue weighted by molar-refractivity contribution is -0.151. The molecule has 238 valence electrons. The monoisotopic (exact) mass is 653 g/mol. The van der Waals surface area contributed by atoms with Crippen LogP contribution < -0.4 is 10.7 Å². The van der Waals surface area contributed by atoms with E-state index >= 15 is 0 Å². The molecule has 0 radical (unpaired) electrons. The Morgan fingerprint density at radius 3 is 2.51 bits per heavy atom.